The third-order valence-electron chi connectivity index (χ3n) is 17.3. The van der Waals surface area contributed by atoms with Crippen molar-refractivity contribution in [3.05, 3.63) is 454 Å². The summed E-state index contributed by atoms with van der Waals surface area (Å²) in [4.78, 5) is 0. The summed E-state index contributed by atoms with van der Waals surface area (Å²) in [5, 5.41) is 0. The highest BCUT2D eigenvalue weighted by atomic mass is 14.2. The summed E-state index contributed by atoms with van der Waals surface area (Å²) in [6.45, 7) is 0. The maximum Gasteiger partial charge on any atom is -0.0105 e. The monoisotopic (exact) mass is 1200 g/mol. The molecule has 0 unspecified atom stereocenters. The van der Waals surface area contributed by atoms with Crippen LogP contribution in [0.25, 0.3) is 103 Å². The predicted octanol–water partition coefficient (Wildman–Crippen LogP) is 24.9. The summed E-state index contributed by atoms with van der Waals surface area (Å²) in [5.41, 5.74) is 29.7. The molecule has 0 spiro atoms. The van der Waals surface area contributed by atoms with E-state index >= 15 is 0 Å². The number of benzene rings is 14. The second-order valence-corrected chi connectivity index (χ2v) is 23.7. The zero-order chi connectivity index (χ0) is 63.1. The molecule has 0 aliphatic carbocycles. The lowest BCUT2D eigenvalue weighted by atomic mass is 9.91. The van der Waals surface area contributed by atoms with Gasteiger partial charge in [0.05, 0.1) is 0 Å². The van der Waals surface area contributed by atoms with E-state index in [-0.39, 0.29) is 0 Å². The Hall–Kier alpha value is -12.2. The van der Waals surface area contributed by atoms with Crippen molar-refractivity contribution < 1.29 is 0 Å². The lowest BCUT2D eigenvalue weighted by molar-refractivity contribution is 1.52. The normalized spacial score (nSPS) is 12.0. The van der Waals surface area contributed by atoms with E-state index in [0.29, 0.717) is 0 Å². The van der Waals surface area contributed by atoms with E-state index in [1.807, 2.05) is 0 Å². The summed E-state index contributed by atoms with van der Waals surface area (Å²) >= 11 is 0. The lowest BCUT2D eigenvalue weighted by Gasteiger charge is -2.13. The molecule has 0 atom stereocenters. The van der Waals surface area contributed by atoms with Crippen LogP contribution >= 0.6 is 0 Å². The second kappa shape index (κ2) is 28.7. The van der Waals surface area contributed by atoms with Crippen molar-refractivity contribution in [3.63, 3.8) is 0 Å². The molecule has 94 heavy (non-hydrogen) atoms. The molecular formula is C94H68. The molecule has 0 aromatic heterocycles. The van der Waals surface area contributed by atoms with Crippen molar-refractivity contribution in [2.75, 3.05) is 0 Å². The average molecular weight is 1200 g/mol. The lowest BCUT2D eigenvalue weighted by Crippen LogP contribution is -1.92. The van der Waals surface area contributed by atoms with Crippen LogP contribution in [-0.2, 0) is 0 Å². The molecule has 0 aliphatic heterocycles. The van der Waals surface area contributed by atoms with Crippen molar-refractivity contribution in [3.8, 4) is 44.5 Å². The van der Waals surface area contributed by atoms with Crippen LogP contribution in [0.15, 0.2) is 376 Å². The molecule has 0 saturated carbocycles. The van der Waals surface area contributed by atoms with Gasteiger partial charge in [-0.15, -0.1) is 0 Å². The van der Waals surface area contributed by atoms with Gasteiger partial charge < -0.3 is 0 Å². The third-order valence-corrected chi connectivity index (χ3v) is 17.3. The zero-order valence-electron chi connectivity index (χ0n) is 52.3. The van der Waals surface area contributed by atoms with Gasteiger partial charge in [0.25, 0.3) is 0 Å². The molecule has 0 heteroatoms. The van der Waals surface area contributed by atoms with E-state index in [1.165, 1.54) is 44.5 Å². The van der Waals surface area contributed by atoms with Crippen LogP contribution in [0.2, 0.25) is 0 Å². The first-order valence-electron chi connectivity index (χ1n) is 32.3. The molecule has 14 aromatic carbocycles. The first kappa shape index (κ1) is 59.4. The topological polar surface area (TPSA) is 0 Å². The van der Waals surface area contributed by atoms with E-state index in [2.05, 4.69) is 413 Å². The van der Waals surface area contributed by atoms with E-state index in [0.717, 1.165) is 100 Å². The minimum absolute atomic E-state index is 1.07. The van der Waals surface area contributed by atoms with Crippen molar-refractivity contribution in [1.29, 1.82) is 0 Å². The molecule has 0 fully saturated rings. The number of hydrogen-bond acceptors (Lipinski definition) is 0. The Morgan fingerprint density at radius 1 is 0.138 bits per heavy atom. The number of rotatable bonds is 18. The van der Waals surface area contributed by atoms with Crippen molar-refractivity contribution >= 4 is 58.7 Å². The van der Waals surface area contributed by atoms with E-state index in [1.54, 1.807) is 0 Å². The summed E-state index contributed by atoms with van der Waals surface area (Å²) < 4.78 is 0. The van der Waals surface area contributed by atoms with Gasteiger partial charge in [-0.05, 0) is 205 Å². The molecule has 0 radical (unpaired) electrons. The van der Waals surface area contributed by atoms with Crippen LogP contribution in [0, 0.1) is 0 Å². The van der Waals surface area contributed by atoms with Gasteiger partial charge >= 0.3 is 0 Å². The minimum Gasteiger partial charge on any atom is -0.0622 e. The zero-order valence-corrected chi connectivity index (χ0v) is 52.3. The molecule has 0 amide bonds. The maximum absolute atomic E-state index is 2.36. The van der Waals surface area contributed by atoms with Gasteiger partial charge in [0.2, 0.25) is 0 Å². The van der Waals surface area contributed by atoms with E-state index in [9.17, 15) is 0 Å². The molecule has 14 aromatic rings. The van der Waals surface area contributed by atoms with Gasteiger partial charge in [-0.1, -0.05) is 352 Å². The molecule has 0 aliphatic rings. The Morgan fingerprint density at radius 2 is 0.287 bits per heavy atom. The number of hydrogen-bond donors (Lipinski definition) is 0. The Bertz CT molecular complexity index is 4340. The molecule has 0 saturated heterocycles. The quantitative estimate of drug-likeness (QED) is 0.0751. The Balaban J connectivity index is 0.939. The summed E-state index contributed by atoms with van der Waals surface area (Å²) in [7, 11) is 0. The Labute approximate surface area is 553 Å². The SMILES string of the molecule is C(=Cc1cc(/C=C(\c2ccccc2)c2ccc(-c3ccccc3)cc2)cc(/C=C(\c2ccccc2)c2ccc(-c3ccccc3)cc2)c1)c1cc(/C=C(\c2ccccc2)c2ccc(-c3ccccc3)cc2)cc(/C=C(\c2ccccc2)c2ccc(-c3ccccc3)cc2)c1. The first-order chi connectivity index (χ1) is 46.5. The van der Waals surface area contributed by atoms with Crippen molar-refractivity contribution in [2.24, 2.45) is 0 Å². The fourth-order valence-corrected chi connectivity index (χ4v) is 12.5. The van der Waals surface area contributed by atoms with Crippen LogP contribution in [0.1, 0.15) is 77.9 Å². The van der Waals surface area contributed by atoms with Gasteiger partial charge in [0, 0.05) is 0 Å². The van der Waals surface area contributed by atoms with Gasteiger partial charge in [-0.25, -0.2) is 0 Å². The molecule has 0 N–H and O–H groups in total. The van der Waals surface area contributed by atoms with Crippen LogP contribution in [0.3, 0.4) is 0 Å². The fourth-order valence-electron chi connectivity index (χ4n) is 12.5. The van der Waals surface area contributed by atoms with Gasteiger partial charge in [-0.3, -0.25) is 0 Å². The fraction of sp³-hybridized carbons (Fsp3) is 0. The van der Waals surface area contributed by atoms with E-state index < -0.39 is 0 Å². The van der Waals surface area contributed by atoms with Gasteiger partial charge in [0.15, 0.2) is 0 Å². The molecule has 14 rings (SSSR count). The minimum atomic E-state index is 1.07. The highest BCUT2D eigenvalue weighted by Gasteiger charge is 2.14. The Kier molecular flexibility index (Phi) is 18.2. The first-order valence-corrected chi connectivity index (χ1v) is 32.3. The Morgan fingerprint density at radius 3 is 0.479 bits per heavy atom. The van der Waals surface area contributed by atoms with Crippen molar-refractivity contribution in [1.82, 2.24) is 0 Å². The molecule has 0 heterocycles. The highest BCUT2D eigenvalue weighted by molar-refractivity contribution is 5.98. The van der Waals surface area contributed by atoms with Crippen molar-refractivity contribution in [2.45, 2.75) is 0 Å². The molecule has 0 nitrogen and oxygen atoms in total. The van der Waals surface area contributed by atoms with Crippen LogP contribution in [0.4, 0.5) is 0 Å². The summed E-state index contributed by atoms with van der Waals surface area (Å²) in [6, 6.07) is 136. The van der Waals surface area contributed by atoms with Crippen LogP contribution < -0.4 is 0 Å². The van der Waals surface area contributed by atoms with E-state index in [4.69, 9.17) is 0 Å². The summed E-state index contributed by atoms with van der Waals surface area (Å²) in [6.07, 6.45) is 14.0. The van der Waals surface area contributed by atoms with Crippen LogP contribution in [0.5, 0.6) is 0 Å². The standard InChI is InChI=1S/C94H68/c1-9-25-75(26-10-1)79-43-51-87(52-44-79)91(83-33-17-5-18-34-83)65-71-59-69(60-72(63-71)66-92(84-35-19-6-20-36-84)88-53-45-80(46-54-88)76-27-11-2-12-28-76)41-42-70-61-73(67-93(85-37-21-7-22-38-85)89-55-47-81(48-56-89)77-29-13-3-14-30-77)64-74(62-70)68-94(86-39-23-8-24-40-86)90-57-49-82(50-58-90)78-31-15-4-16-32-78/h1-68H/b42-41?,91-65+,92-66+,93-67+,94-68+. The van der Waals surface area contributed by atoms with Gasteiger partial charge in [0.1, 0.15) is 0 Å². The smallest absolute Gasteiger partial charge is 0.0105 e. The average Bonchev–Trinajstić information content (AvgIpc) is 0.996. The second-order valence-electron chi connectivity index (χ2n) is 23.7. The third kappa shape index (κ3) is 14.5. The predicted molar refractivity (Wildman–Crippen MR) is 403 cm³/mol. The molecule has 0 bridgehead atoms. The van der Waals surface area contributed by atoms with Gasteiger partial charge in [-0.2, -0.15) is 0 Å². The maximum atomic E-state index is 2.36. The largest absolute Gasteiger partial charge is 0.0622 e. The summed E-state index contributed by atoms with van der Waals surface area (Å²) in [5.74, 6) is 0. The van der Waals surface area contributed by atoms with Crippen LogP contribution in [-0.4, -0.2) is 0 Å². The molecule has 444 valence electrons. The molecular weight excluding hydrogens is 1130 g/mol. The highest BCUT2D eigenvalue weighted by Crippen LogP contribution is 2.36.